The molecule has 1 fully saturated rings. The minimum absolute atomic E-state index is 0.00938. The summed E-state index contributed by atoms with van der Waals surface area (Å²) in [5.41, 5.74) is 0.724. The Hall–Kier alpha value is -0.960. The van der Waals surface area contributed by atoms with Crippen LogP contribution in [0.5, 0.6) is 0 Å². The lowest BCUT2D eigenvalue weighted by atomic mass is 10.2. The molecule has 1 heterocycles. The van der Waals surface area contributed by atoms with E-state index in [4.69, 9.17) is 0 Å². The van der Waals surface area contributed by atoms with Crippen LogP contribution in [0.15, 0.2) is 24.3 Å². The molecule has 0 spiro atoms. The van der Waals surface area contributed by atoms with E-state index in [1.807, 2.05) is 24.3 Å². The van der Waals surface area contributed by atoms with Crippen LogP contribution in [-0.2, 0) is 0 Å². The molecule has 0 aliphatic carbocycles. The lowest BCUT2D eigenvalue weighted by molar-refractivity contribution is 0.0947. The molecular formula is C13H20N3OP. The number of carbonyl (C=O) groups excluding carboxylic acids is 1. The molecule has 1 aliphatic heterocycles. The van der Waals surface area contributed by atoms with Gasteiger partial charge in [-0.1, -0.05) is 12.1 Å². The Balaban J connectivity index is 1.72. The highest BCUT2D eigenvalue weighted by atomic mass is 31.0. The number of hydrogen-bond acceptors (Lipinski definition) is 3. The molecule has 0 radical (unpaired) electrons. The van der Waals surface area contributed by atoms with Crippen LogP contribution < -0.4 is 15.9 Å². The van der Waals surface area contributed by atoms with E-state index in [1.165, 1.54) is 0 Å². The number of hydrogen-bond donors (Lipinski definition) is 2. The van der Waals surface area contributed by atoms with Gasteiger partial charge in [-0.25, -0.2) is 0 Å². The highest BCUT2D eigenvalue weighted by molar-refractivity contribution is 7.27. The predicted molar refractivity (Wildman–Crippen MR) is 77.4 cm³/mol. The average Bonchev–Trinajstić information content (AvgIpc) is 2.40. The van der Waals surface area contributed by atoms with Crippen LogP contribution in [-0.4, -0.2) is 50.1 Å². The first kappa shape index (κ1) is 13.5. The van der Waals surface area contributed by atoms with E-state index in [-0.39, 0.29) is 5.91 Å². The summed E-state index contributed by atoms with van der Waals surface area (Å²) in [6.07, 6.45) is 0. The van der Waals surface area contributed by atoms with Gasteiger partial charge in [0.2, 0.25) is 0 Å². The van der Waals surface area contributed by atoms with Crippen molar-refractivity contribution in [1.82, 2.24) is 15.5 Å². The summed E-state index contributed by atoms with van der Waals surface area (Å²) in [4.78, 5) is 14.2. The molecule has 0 bridgehead atoms. The van der Waals surface area contributed by atoms with Gasteiger partial charge in [0.1, 0.15) is 0 Å². The molecule has 1 amide bonds. The number of amides is 1. The molecule has 98 valence electrons. The van der Waals surface area contributed by atoms with Crippen LogP contribution in [0, 0.1) is 0 Å². The fourth-order valence-corrected chi connectivity index (χ4v) is 2.19. The van der Waals surface area contributed by atoms with Gasteiger partial charge in [0.15, 0.2) is 0 Å². The third kappa shape index (κ3) is 4.05. The third-order valence-corrected chi connectivity index (χ3v) is 3.48. The van der Waals surface area contributed by atoms with E-state index in [9.17, 15) is 4.79 Å². The first-order valence-corrected chi connectivity index (χ1v) is 6.90. The SMILES string of the molecule is O=C(NCCN1CCNCC1)c1ccc(P)cc1. The minimum atomic E-state index is 0.00938. The highest BCUT2D eigenvalue weighted by Crippen LogP contribution is 1.99. The smallest absolute Gasteiger partial charge is 0.251 e. The van der Waals surface area contributed by atoms with Gasteiger partial charge >= 0.3 is 0 Å². The second kappa shape index (κ2) is 6.83. The van der Waals surface area contributed by atoms with Gasteiger partial charge in [-0.15, -0.1) is 9.24 Å². The lowest BCUT2D eigenvalue weighted by Crippen LogP contribution is -2.46. The summed E-state index contributed by atoms with van der Waals surface area (Å²) in [5, 5.41) is 7.36. The molecular weight excluding hydrogens is 245 g/mol. The van der Waals surface area contributed by atoms with Crippen molar-refractivity contribution in [2.24, 2.45) is 0 Å². The summed E-state index contributed by atoms with van der Waals surface area (Å²) < 4.78 is 0. The standard InChI is InChI=1S/C13H20N3OP/c17-13(11-1-3-12(18)4-2-11)15-7-10-16-8-5-14-6-9-16/h1-4,14H,5-10,18H2,(H,15,17). The van der Waals surface area contributed by atoms with Crippen LogP contribution in [0.4, 0.5) is 0 Å². The van der Waals surface area contributed by atoms with Crippen LogP contribution in [0.2, 0.25) is 0 Å². The van der Waals surface area contributed by atoms with Crippen LogP contribution in [0.3, 0.4) is 0 Å². The van der Waals surface area contributed by atoms with Crippen molar-refractivity contribution in [1.29, 1.82) is 0 Å². The van der Waals surface area contributed by atoms with Crippen molar-refractivity contribution < 1.29 is 4.79 Å². The summed E-state index contributed by atoms with van der Waals surface area (Å²) in [7, 11) is 2.61. The normalized spacial score (nSPS) is 16.5. The molecule has 2 N–H and O–H groups in total. The quantitative estimate of drug-likeness (QED) is 0.743. The van der Waals surface area contributed by atoms with Crippen molar-refractivity contribution in [3.63, 3.8) is 0 Å². The van der Waals surface area contributed by atoms with Crippen LogP contribution in [0.1, 0.15) is 10.4 Å². The van der Waals surface area contributed by atoms with Crippen molar-refractivity contribution in [3.05, 3.63) is 29.8 Å². The largest absolute Gasteiger partial charge is 0.351 e. The third-order valence-electron chi connectivity index (χ3n) is 3.10. The van der Waals surface area contributed by atoms with Gasteiger partial charge in [0.05, 0.1) is 0 Å². The van der Waals surface area contributed by atoms with Gasteiger partial charge in [-0.3, -0.25) is 9.69 Å². The molecule has 1 atom stereocenters. The second-order valence-electron chi connectivity index (χ2n) is 4.47. The maximum Gasteiger partial charge on any atom is 0.251 e. The zero-order valence-corrected chi connectivity index (χ0v) is 11.6. The van der Waals surface area contributed by atoms with E-state index in [2.05, 4.69) is 24.8 Å². The van der Waals surface area contributed by atoms with E-state index in [0.29, 0.717) is 6.54 Å². The average molecular weight is 265 g/mol. The molecule has 2 rings (SSSR count). The number of carbonyl (C=O) groups is 1. The predicted octanol–water partition coefficient (Wildman–Crippen LogP) is -0.178. The summed E-state index contributed by atoms with van der Waals surface area (Å²) >= 11 is 0. The number of benzene rings is 1. The fraction of sp³-hybridized carbons (Fsp3) is 0.462. The second-order valence-corrected chi connectivity index (χ2v) is 5.14. The van der Waals surface area contributed by atoms with Crippen molar-refractivity contribution >= 4 is 20.5 Å². The molecule has 0 aromatic heterocycles. The lowest BCUT2D eigenvalue weighted by Gasteiger charge is -2.27. The van der Waals surface area contributed by atoms with Gasteiger partial charge in [-0.2, -0.15) is 0 Å². The van der Waals surface area contributed by atoms with Crippen molar-refractivity contribution in [3.8, 4) is 0 Å². The topological polar surface area (TPSA) is 44.4 Å². The molecule has 4 nitrogen and oxygen atoms in total. The fourth-order valence-electron chi connectivity index (χ4n) is 2.00. The van der Waals surface area contributed by atoms with Crippen molar-refractivity contribution in [2.75, 3.05) is 39.3 Å². The van der Waals surface area contributed by atoms with E-state index < -0.39 is 0 Å². The van der Waals surface area contributed by atoms with Crippen LogP contribution in [0.25, 0.3) is 0 Å². The van der Waals surface area contributed by atoms with E-state index >= 15 is 0 Å². The Labute approximate surface area is 110 Å². The van der Waals surface area contributed by atoms with E-state index in [1.54, 1.807) is 0 Å². The zero-order chi connectivity index (χ0) is 12.8. The van der Waals surface area contributed by atoms with E-state index in [0.717, 1.165) is 43.6 Å². The van der Waals surface area contributed by atoms with Crippen molar-refractivity contribution in [2.45, 2.75) is 0 Å². The molecule has 5 heteroatoms. The van der Waals surface area contributed by atoms with Gasteiger partial charge < -0.3 is 10.6 Å². The Bertz CT molecular complexity index is 388. The summed E-state index contributed by atoms with van der Waals surface area (Å²) in [5.74, 6) is 0.00938. The molecule has 1 aliphatic rings. The molecule has 0 saturated carbocycles. The zero-order valence-electron chi connectivity index (χ0n) is 10.5. The highest BCUT2D eigenvalue weighted by Gasteiger charge is 2.09. The maximum absolute atomic E-state index is 11.8. The summed E-state index contributed by atoms with van der Waals surface area (Å²) in [6.45, 7) is 5.86. The molecule has 1 aromatic rings. The number of nitrogens with one attached hydrogen (secondary N) is 2. The Morgan fingerprint density at radius 1 is 1.28 bits per heavy atom. The van der Waals surface area contributed by atoms with Gasteiger partial charge in [0, 0.05) is 44.8 Å². The molecule has 1 unspecified atom stereocenters. The molecule has 18 heavy (non-hydrogen) atoms. The first-order valence-electron chi connectivity index (χ1n) is 6.32. The van der Waals surface area contributed by atoms with Gasteiger partial charge in [-0.05, 0) is 17.4 Å². The van der Waals surface area contributed by atoms with Gasteiger partial charge in [0.25, 0.3) is 5.91 Å². The summed E-state index contributed by atoms with van der Waals surface area (Å²) in [6, 6.07) is 7.55. The Kier molecular flexibility index (Phi) is 5.12. The number of nitrogens with zero attached hydrogens (tertiary/aromatic N) is 1. The Morgan fingerprint density at radius 3 is 2.61 bits per heavy atom. The minimum Gasteiger partial charge on any atom is -0.351 e. The molecule has 1 saturated heterocycles. The maximum atomic E-state index is 11.8. The van der Waals surface area contributed by atoms with Crippen LogP contribution >= 0.6 is 9.24 Å². The number of rotatable bonds is 4. The first-order chi connectivity index (χ1) is 8.75. The monoisotopic (exact) mass is 265 g/mol. The Morgan fingerprint density at radius 2 is 1.94 bits per heavy atom. The number of piperazine rings is 1. The molecule has 1 aromatic carbocycles.